The van der Waals surface area contributed by atoms with Gasteiger partial charge in [0.1, 0.15) is 0 Å². The van der Waals surface area contributed by atoms with Crippen LogP contribution in [0.15, 0.2) is 36.7 Å². The first-order chi connectivity index (χ1) is 14.1. The molecule has 1 aromatic heterocycles. The molecule has 2 heterocycles. The van der Waals surface area contributed by atoms with Gasteiger partial charge in [0, 0.05) is 43.5 Å². The van der Waals surface area contributed by atoms with Crippen LogP contribution in [0.1, 0.15) is 38.3 Å². The average molecular weight is 416 g/mol. The number of carboxylic acid groups (broad SMARTS) is 1. The monoisotopic (exact) mass is 415 g/mol. The molecule has 1 aliphatic heterocycles. The fraction of sp³-hybridized carbons (Fsp3) is 0.500. The van der Waals surface area contributed by atoms with Gasteiger partial charge in [-0.25, -0.2) is 9.48 Å². The van der Waals surface area contributed by atoms with E-state index in [2.05, 4.69) is 55.1 Å². The SMILES string of the molecule is Cc1cccc(-n2cc(CN(C)C(=O)NC3CCN(C(C)(C)C)C3)cn2)c1.O=CO. The smallest absolute Gasteiger partial charge is 0.317 e. The lowest BCUT2D eigenvalue weighted by Crippen LogP contribution is -2.46. The largest absolute Gasteiger partial charge is 0.483 e. The number of rotatable bonds is 4. The highest BCUT2D eigenvalue weighted by molar-refractivity contribution is 5.74. The molecule has 30 heavy (non-hydrogen) atoms. The van der Waals surface area contributed by atoms with Gasteiger partial charge < -0.3 is 15.3 Å². The first kappa shape index (κ1) is 23.4. The molecule has 1 unspecified atom stereocenters. The number of hydrogen-bond acceptors (Lipinski definition) is 4. The Bertz CT molecular complexity index is 843. The standard InChI is InChI=1S/C21H31N5O.CH2O2/c1-16-7-6-8-19(11-16)26-14-17(12-22-26)13-24(5)20(27)23-18-9-10-25(15-18)21(2,3)4;2-1-3/h6-8,11-12,14,18H,9-10,13,15H2,1-5H3,(H,23,27);1H,(H,2,3). The number of amides is 2. The van der Waals surface area contributed by atoms with E-state index >= 15 is 0 Å². The molecule has 8 nitrogen and oxygen atoms in total. The number of carbonyl (C=O) groups is 2. The van der Waals surface area contributed by atoms with Gasteiger partial charge in [0.25, 0.3) is 6.47 Å². The summed E-state index contributed by atoms with van der Waals surface area (Å²) in [6, 6.07) is 8.40. The van der Waals surface area contributed by atoms with Crippen LogP contribution >= 0.6 is 0 Å². The summed E-state index contributed by atoms with van der Waals surface area (Å²) >= 11 is 0. The Hall–Kier alpha value is -2.87. The summed E-state index contributed by atoms with van der Waals surface area (Å²) in [5.41, 5.74) is 3.39. The zero-order chi connectivity index (χ0) is 22.3. The minimum absolute atomic E-state index is 0.0286. The zero-order valence-corrected chi connectivity index (χ0v) is 18.5. The number of carbonyl (C=O) groups excluding carboxylic acids is 1. The van der Waals surface area contributed by atoms with Crippen LogP contribution in [0.5, 0.6) is 0 Å². The first-order valence-corrected chi connectivity index (χ1v) is 10.1. The fourth-order valence-corrected chi connectivity index (χ4v) is 3.47. The van der Waals surface area contributed by atoms with Crippen LogP contribution in [-0.4, -0.2) is 68.9 Å². The van der Waals surface area contributed by atoms with Gasteiger partial charge in [0.05, 0.1) is 18.4 Å². The Kier molecular flexibility index (Phi) is 8.00. The molecule has 1 aliphatic rings. The third kappa shape index (κ3) is 6.59. The molecule has 2 amide bonds. The second-order valence-electron chi connectivity index (χ2n) is 8.65. The summed E-state index contributed by atoms with van der Waals surface area (Å²) in [7, 11) is 1.83. The van der Waals surface area contributed by atoms with E-state index in [9.17, 15) is 4.79 Å². The topological polar surface area (TPSA) is 90.7 Å². The lowest BCUT2D eigenvalue weighted by Gasteiger charge is -2.31. The fourth-order valence-electron chi connectivity index (χ4n) is 3.47. The maximum atomic E-state index is 12.6. The van der Waals surface area contributed by atoms with Gasteiger partial charge in [-0.1, -0.05) is 12.1 Å². The number of nitrogens with one attached hydrogen (secondary N) is 1. The normalized spacial score (nSPS) is 16.5. The number of nitrogens with zero attached hydrogens (tertiary/aromatic N) is 4. The third-order valence-electron chi connectivity index (χ3n) is 5.13. The molecule has 0 aliphatic carbocycles. The summed E-state index contributed by atoms with van der Waals surface area (Å²) in [6.45, 7) is 10.9. The Labute approximate surface area is 178 Å². The second-order valence-corrected chi connectivity index (χ2v) is 8.65. The molecule has 0 radical (unpaired) electrons. The van der Waals surface area contributed by atoms with Gasteiger partial charge in [-0.15, -0.1) is 0 Å². The van der Waals surface area contributed by atoms with Crippen molar-refractivity contribution in [3.05, 3.63) is 47.8 Å². The molecule has 2 N–H and O–H groups in total. The average Bonchev–Trinajstić information content (AvgIpc) is 3.32. The minimum atomic E-state index is -0.250. The van der Waals surface area contributed by atoms with Crippen molar-refractivity contribution in [3.8, 4) is 5.69 Å². The lowest BCUT2D eigenvalue weighted by molar-refractivity contribution is -0.122. The number of benzene rings is 1. The Morgan fingerprint density at radius 2 is 2.10 bits per heavy atom. The molecule has 8 heteroatoms. The molecule has 0 bridgehead atoms. The first-order valence-electron chi connectivity index (χ1n) is 10.1. The molecule has 164 valence electrons. The van der Waals surface area contributed by atoms with Gasteiger partial charge >= 0.3 is 6.03 Å². The number of hydrogen-bond donors (Lipinski definition) is 2. The van der Waals surface area contributed by atoms with Gasteiger partial charge in [0.2, 0.25) is 0 Å². The molecule has 3 rings (SSSR count). The number of aryl methyl sites for hydroxylation is 1. The van der Waals surface area contributed by atoms with E-state index in [-0.39, 0.29) is 24.1 Å². The van der Waals surface area contributed by atoms with E-state index in [0.29, 0.717) is 6.54 Å². The summed E-state index contributed by atoms with van der Waals surface area (Å²) in [5.74, 6) is 0. The van der Waals surface area contributed by atoms with Crippen LogP contribution in [0.25, 0.3) is 5.69 Å². The van der Waals surface area contributed by atoms with Gasteiger partial charge in [-0.2, -0.15) is 5.10 Å². The lowest BCUT2D eigenvalue weighted by atomic mass is 10.1. The Morgan fingerprint density at radius 1 is 1.40 bits per heavy atom. The van der Waals surface area contributed by atoms with Crippen molar-refractivity contribution in [3.63, 3.8) is 0 Å². The summed E-state index contributed by atoms with van der Waals surface area (Å²) in [6.07, 6.45) is 4.81. The quantitative estimate of drug-likeness (QED) is 0.750. The van der Waals surface area contributed by atoms with Crippen LogP contribution in [0.4, 0.5) is 4.79 Å². The van der Waals surface area contributed by atoms with Crippen molar-refractivity contribution < 1.29 is 14.7 Å². The van der Waals surface area contributed by atoms with E-state index in [1.807, 2.05) is 36.3 Å². The molecule has 1 fully saturated rings. The van der Waals surface area contributed by atoms with Crippen molar-refractivity contribution in [1.82, 2.24) is 24.9 Å². The van der Waals surface area contributed by atoms with E-state index in [1.165, 1.54) is 5.56 Å². The molecular weight excluding hydrogens is 382 g/mol. The van der Waals surface area contributed by atoms with E-state index in [1.54, 1.807) is 4.90 Å². The number of likely N-dealkylation sites (tertiary alicyclic amines) is 1. The van der Waals surface area contributed by atoms with Gasteiger partial charge in [-0.3, -0.25) is 9.69 Å². The maximum Gasteiger partial charge on any atom is 0.317 e. The van der Waals surface area contributed by atoms with Crippen molar-refractivity contribution >= 4 is 12.5 Å². The summed E-state index contributed by atoms with van der Waals surface area (Å²) in [5, 5.41) is 14.5. The molecular formula is C22H33N5O3. The minimum Gasteiger partial charge on any atom is -0.483 e. The molecule has 2 aromatic rings. The highest BCUT2D eigenvalue weighted by atomic mass is 16.3. The highest BCUT2D eigenvalue weighted by Gasteiger charge is 2.31. The zero-order valence-electron chi connectivity index (χ0n) is 18.5. The number of aromatic nitrogens is 2. The van der Waals surface area contributed by atoms with Crippen molar-refractivity contribution in [1.29, 1.82) is 0 Å². The van der Waals surface area contributed by atoms with Crippen LogP contribution in [0, 0.1) is 6.92 Å². The van der Waals surface area contributed by atoms with Gasteiger partial charge in [0.15, 0.2) is 0 Å². The van der Waals surface area contributed by atoms with Crippen molar-refractivity contribution in [2.75, 3.05) is 20.1 Å². The maximum absolute atomic E-state index is 12.6. The third-order valence-corrected chi connectivity index (χ3v) is 5.13. The van der Waals surface area contributed by atoms with Crippen molar-refractivity contribution in [2.24, 2.45) is 0 Å². The van der Waals surface area contributed by atoms with Crippen LogP contribution in [-0.2, 0) is 11.3 Å². The predicted octanol–water partition coefficient (Wildman–Crippen LogP) is 2.90. The van der Waals surface area contributed by atoms with E-state index < -0.39 is 0 Å². The van der Waals surface area contributed by atoms with E-state index in [0.717, 1.165) is 30.8 Å². The van der Waals surface area contributed by atoms with E-state index in [4.69, 9.17) is 9.90 Å². The summed E-state index contributed by atoms with van der Waals surface area (Å²) < 4.78 is 1.85. The van der Waals surface area contributed by atoms with Gasteiger partial charge in [-0.05, 0) is 51.8 Å². The molecule has 1 atom stereocenters. The molecule has 1 aromatic carbocycles. The van der Waals surface area contributed by atoms with Crippen LogP contribution < -0.4 is 5.32 Å². The van der Waals surface area contributed by atoms with Crippen LogP contribution in [0.2, 0.25) is 0 Å². The summed E-state index contributed by atoms with van der Waals surface area (Å²) in [4.78, 5) is 25.1. The predicted molar refractivity (Wildman–Crippen MR) is 117 cm³/mol. The molecule has 0 saturated carbocycles. The second kappa shape index (κ2) is 10.2. The Balaban J connectivity index is 0.00000101. The molecule has 1 saturated heterocycles. The van der Waals surface area contributed by atoms with Crippen molar-refractivity contribution in [2.45, 2.75) is 52.2 Å². The van der Waals surface area contributed by atoms with Crippen LogP contribution in [0.3, 0.4) is 0 Å². The highest BCUT2D eigenvalue weighted by Crippen LogP contribution is 2.20. The number of urea groups is 1. The molecule has 0 spiro atoms. The Morgan fingerprint density at radius 3 is 2.70 bits per heavy atom.